The van der Waals surface area contributed by atoms with Gasteiger partial charge in [0.2, 0.25) is 0 Å². The number of carboxylic acid groups (broad SMARTS) is 1. The standard InChI is InChI=1S/C10H20O4Si.C4H6O2/c1-8(2)9(11)14-6-5-7-15-10(12-3)13-4;1-3(2)4(5)6/h10H,1,5-7,15H2,2-4H3;1H2,2H3,(H,5,6). The van der Waals surface area contributed by atoms with Crippen molar-refractivity contribution in [1.29, 1.82) is 0 Å². The molecule has 0 aliphatic heterocycles. The summed E-state index contributed by atoms with van der Waals surface area (Å²) in [7, 11) is 2.89. The molecule has 0 spiro atoms. The van der Waals surface area contributed by atoms with Crippen LogP contribution in [-0.2, 0) is 23.8 Å². The lowest BCUT2D eigenvalue weighted by Crippen LogP contribution is -2.21. The van der Waals surface area contributed by atoms with Gasteiger partial charge < -0.3 is 19.3 Å². The van der Waals surface area contributed by atoms with E-state index in [4.69, 9.17) is 19.3 Å². The Bertz CT molecular complexity index is 337. The highest BCUT2D eigenvalue weighted by Gasteiger charge is 2.06. The third kappa shape index (κ3) is 14.8. The highest BCUT2D eigenvalue weighted by atomic mass is 28.2. The Hall–Kier alpha value is -1.44. The zero-order valence-corrected chi connectivity index (χ0v) is 14.7. The monoisotopic (exact) mass is 318 g/mol. The molecule has 0 heterocycles. The van der Waals surface area contributed by atoms with Crippen LogP contribution < -0.4 is 0 Å². The smallest absolute Gasteiger partial charge is 0.333 e. The Morgan fingerprint density at radius 2 is 1.62 bits per heavy atom. The van der Waals surface area contributed by atoms with Crippen LogP contribution in [0.15, 0.2) is 24.3 Å². The second-order valence-corrected chi connectivity index (χ2v) is 6.35. The highest BCUT2D eigenvalue weighted by molar-refractivity contribution is 6.36. The lowest BCUT2D eigenvalue weighted by atomic mass is 10.4. The average molecular weight is 318 g/mol. The molecule has 0 rings (SSSR count). The molecule has 122 valence electrons. The van der Waals surface area contributed by atoms with Crippen molar-refractivity contribution in [3.63, 3.8) is 0 Å². The van der Waals surface area contributed by atoms with E-state index in [1.807, 2.05) is 0 Å². The zero-order valence-electron chi connectivity index (χ0n) is 13.3. The number of ether oxygens (including phenoxy) is 3. The van der Waals surface area contributed by atoms with E-state index in [0.717, 1.165) is 12.5 Å². The molecular weight excluding hydrogens is 292 g/mol. The van der Waals surface area contributed by atoms with Gasteiger partial charge in [-0.25, -0.2) is 9.59 Å². The van der Waals surface area contributed by atoms with E-state index in [1.165, 1.54) is 6.92 Å². The SMILES string of the molecule is C=C(C)C(=O)O.C=C(C)C(=O)OCCC[SiH2]C(OC)OC. The molecular formula is C14H26O6Si. The Balaban J connectivity index is 0. The Morgan fingerprint density at radius 3 is 1.95 bits per heavy atom. The van der Waals surface area contributed by atoms with Crippen LogP contribution in [0.4, 0.5) is 0 Å². The maximum Gasteiger partial charge on any atom is 0.333 e. The molecule has 6 nitrogen and oxygen atoms in total. The Kier molecular flexibility index (Phi) is 14.1. The fourth-order valence-corrected chi connectivity index (χ4v) is 2.33. The van der Waals surface area contributed by atoms with E-state index in [0.29, 0.717) is 12.2 Å². The summed E-state index contributed by atoms with van der Waals surface area (Å²) in [6.07, 6.45) is 0.870. The molecule has 0 aromatic carbocycles. The number of carboxylic acids is 1. The van der Waals surface area contributed by atoms with Crippen molar-refractivity contribution < 1.29 is 28.9 Å². The van der Waals surface area contributed by atoms with Gasteiger partial charge in [0.05, 0.1) is 16.1 Å². The highest BCUT2D eigenvalue weighted by Crippen LogP contribution is 1.99. The fourth-order valence-electron chi connectivity index (χ4n) is 1.03. The van der Waals surface area contributed by atoms with Crippen molar-refractivity contribution in [2.24, 2.45) is 0 Å². The first-order chi connectivity index (χ1) is 9.76. The van der Waals surface area contributed by atoms with Crippen molar-refractivity contribution in [2.45, 2.75) is 32.2 Å². The van der Waals surface area contributed by atoms with Gasteiger partial charge in [0.25, 0.3) is 0 Å². The van der Waals surface area contributed by atoms with Gasteiger partial charge in [-0.2, -0.15) is 0 Å². The van der Waals surface area contributed by atoms with Gasteiger partial charge in [-0.15, -0.1) is 0 Å². The van der Waals surface area contributed by atoms with Gasteiger partial charge in [0.15, 0.2) is 0 Å². The summed E-state index contributed by atoms with van der Waals surface area (Å²) in [4.78, 5) is 20.6. The summed E-state index contributed by atoms with van der Waals surface area (Å²) in [5.41, 5.74) is 0.619. The number of rotatable bonds is 9. The maximum atomic E-state index is 11.0. The van der Waals surface area contributed by atoms with Crippen LogP contribution in [0.5, 0.6) is 0 Å². The number of aliphatic carboxylic acids is 1. The number of hydrogen-bond acceptors (Lipinski definition) is 5. The number of esters is 1. The van der Waals surface area contributed by atoms with Crippen LogP contribution in [0.2, 0.25) is 6.04 Å². The normalized spacial score (nSPS) is 10.1. The summed E-state index contributed by atoms with van der Waals surface area (Å²) in [6.45, 7) is 10.2. The van der Waals surface area contributed by atoms with E-state index in [1.54, 1.807) is 21.1 Å². The van der Waals surface area contributed by atoms with Crippen LogP contribution in [-0.4, -0.2) is 53.3 Å². The molecule has 0 atom stereocenters. The third-order valence-corrected chi connectivity index (χ3v) is 4.35. The molecule has 21 heavy (non-hydrogen) atoms. The molecule has 0 saturated heterocycles. The molecule has 7 heteroatoms. The van der Waals surface area contributed by atoms with Gasteiger partial charge in [-0.3, -0.25) is 0 Å². The zero-order chi connectivity index (χ0) is 16.8. The summed E-state index contributed by atoms with van der Waals surface area (Å²) in [5.74, 6) is -1.27. The largest absolute Gasteiger partial charge is 0.478 e. The molecule has 0 unspecified atom stereocenters. The quantitative estimate of drug-likeness (QED) is 0.227. The molecule has 0 bridgehead atoms. The molecule has 0 radical (unpaired) electrons. The maximum absolute atomic E-state index is 11.0. The van der Waals surface area contributed by atoms with Crippen LogP contribution in [0.25, 0.3) is 0 Å². The van der Waals surface area contributed by atoms with Crippen LogP contribution in [0.3, 0.4) is 0 Å². The first kappa shape index (κ1) is 21.8. The Morgan fingerprint density at radius 1 is 1.14 bits per heavy atom. The lowest BCUT2D eigenvalue weighted by Gasteiger charge is -2.12. The molecule has 0 aliphatic carbocycles. The first-order valence-corrected chi connectivity index (χ1v) is 8.34. The molecule has 0 saturated carbocycles. The predicted octanol–water partition coefficient (Wildman–Crippen LogP) is 1.31. The van der Waals surface area contributed by atoms with Crippen molar-refractivity contribution in [3.05, 3.63) is 24.3 Å². The van der Waals surface area contributed by atoms with Crippen LogP contribution in [0.1, 0.15) is 20.3 Å². The summed E-state index contributed by atoms with van der Waals surface area (Å²) in [5, 5.41) is 7.89. The summed E-state index contributed by atoms with van der Waals surface area (Å²) >= 11 is 0. The minimum absolute atomic E-state index is 0.0261. The molecule has 0 fully saturated rings. The fraction of sp³-hybridized carbons (Fsp3) is 0.571. The van der Waals surface area contributed by atoms with E-state index in [9.17, 15) is 9.59 Å². The predicted molar refractivity (Wildman–Crippen MR) is 84.0 cm³/mol. The molecule has 0 aromatic heterocycles. The number of carbonyl (C=O) groups is 2. The van der Waals surface area contributed by atoms with Crippen molar-refractivity contribution in [2.75, 3.05) is 20.8 Å². The molecule has 1 N–H and O–H groups in total. The molecule has 0 aliphatic rings. The number of carbonyl (C=O) groups excluding carboxylic acids is 1. The molecule has 0 amide bonds. The van der Waals surface area contributed by atoms with Crippen molar-refractivity contribution in [1.82, 2.24) is 0 Å². The average Bonchev–Trinajstić information content (AvgIpc) is 2.43. The van der Waals surface area contributed by atoms with Crippen molar-refractivity contribution >= 4 is 21.5 Å². The van der Waals surface area contributed by atoms with E-state index >= 15 is 0 Å². The van der Waals surface area contributed by atoms with E-state index in [2.05, 4.69) is 13.2 Å². The Labute approximate surface area is 128 Å². The van der Waals surface area contributed by atoms with E-state index < -0.39 is 15.5 Å². The van der Waals surface area contributed by atoms with Gasteiger partial charge in [-0.05, 0) is 20.3 Å². The first-order valence-electron chi connectivity index (χ1n) is 6.53. The van der Waals surface area contributed by atoms with Gasteiger partial charge >= 0.3 is 11.9 Å². The lowest BCUT2D eigenvalue weighted by molar-refractivity contribution is -0.139. The number of methoxy groups -OCH3 is 2. The van der Waals surface area contributed by atoms with Gasteiger partial charge in [0, 0.05) is 25.4 Å². The van der Waals surface area contributed by atoms with Crippen molar-refractivity contribution in [3.8, 4) is 0 Å². The summed E-state index contributed by atoms with van der Waals surface area (Å²) in [6, 6.07) is 1.04. The third-order valence-electron chi connectivity index (χ3n) is 2.31. The van der Waals surface area contributed by atoms with Gasteiger partial charge in [0.1, 0.15) is 5.91 Å². The topological polar surface area (TPSA) is 82.1 Å². The number of hydrogen-bond donors (Lipinski definition) is 1. The van der Waals surface area contributed by atoms with Gasteiger partial charge in [-0.1, -0.05) is 19.2 Å². The minimum Gasteiger partial charge on any atom is -0.478 e. The van der Waals surface area contributed by atoms with Crippen LogP contribution >= 0.6 is 0 Å². The second kappa shape index (κ2) is 13.5. The van der Waals surface area contributed by atoms with E-state index in [-0.39, 0.29) is 17.5 Å². The van der Waals surface area contributed by atoms with Crippen LogP contribution in [0, 0.1) is 0 Å². The molecule has 0 aromatic rings. The minimum atomic E-state index is -0.935. The second-order valence-electron chi connectivity index (χ2n) is 4.40. The summed E-state index contributed by atoms with van der Waals surface area (Å²) < 4.78 is 15.1.